The second kappa shape index (κ2) is 15.3. The largest absolute Gasteiger partial charge is 0.482 e. The van der Waals surface area contributed by atoms with Crippen molar-refractivity contribution in [2.24, 2.45) is 0 Å². The third-order valence-corrected chi connectivity index (χ3v) is 6.62. The second-order valence-electron chi connectivity index (χ2n) is 11.5. The highest BCUT2D eigenvalue weighted by molar-refractivity contribution is 5.99. The number of aromatic nitrogens is 1. The van der Waals surface area contributed by atoms with Crippen molar-refractivity contribution in [3.05, 3.63) is 124 Å². The second-order valence-corrected chi connectivity index (χ2v) is 11.5. The molecule has 3 amide bonds. The topological polar surface area (TPSA) is 119 Å². The van der Waals surface area contributed by atoms with Crippen molar-refractivity contribution >= 4 is 17.9 Å². The van der Waals surface area contributed by atoms with E-state index in [1.54, 1.807) is 65.0 Å². The quantitative estimate of drug-likeness (QED) is 0.248. The van der Waals surface area contributed by atoms with E-state index in [1.165, 1.54) is 12.2 Å². The van der Waals surface area contributed by atoms with Gasteiger partial charge in [-0.1, -0.05) is 42.5 Å². The van der Waals surface area contributed by atoms with Gasteiger partial charge >= 0.3 is 6.09 Å². The highest BCUT2D eigenvalue weighted by Crippen LogP contribution is 2.22. The number of nitrogens with zero attached hydrogens (tertiary/aromatic N) is 2. The predicted octanol–water partition coefficient (Wildman–Crippen LogP) is 5.53. The van der Waals surface area contributed by atoms with Crippen LogP contribution in [0.25, 0.3) is 0 Å². The van der Waals surface area contributed by atoms with Crippen LogP contribution in [-0.4, -0.2) is 40.3 Å². The van der Waals surface area contributed by atoms with E-state index in [0.717, 1.165) is 15.9 Å². The Bertz CT molecular complexity index is 1700. The van der Waals surface area contributed by atoms with Crippen LogP contribution in [0.1, 0.15) is 66.6 Å². The van der Waals surface area contributed by atoms with Crippen molar-refractivity contribution in [2.45, 2.75) is 65.5 Å². The Hall–Kier alpha value is -5.33. The molecule has 10 nitrogen and oxygen atoms in total. The number of pyridine rings is 1. The number of carbonyl (C=O) groups is 3. The van der Waals surface area contributed by atoms with E-state index < -0.39 is 87.6 Å². The van der Waals surface area contributed by atoms with Crippen LogP contribution in [0, 0.1) is 17.5 Å². The van der Waals surface area contributed by atoms with Crippen LogP contribution < -0.4 is 25.8 Å². The first kappa shape index (κ1) is 36.1. The van der Waals surface area contributed by atoms with Crippen molar-refractivity contribution in [2.75, 3.05) is 5.01 Å². The van der Waals surface area contributed by atoms with Gasteiger partial charge in [0, 0.05) is 36.5 Å². The number of halogens is 3. The molecule has 0 aliphatic heterocycles. The smallest absolute Gasteiger partial charge is 0.430 e. The summed E-state index contributed by atoms with van der Waals surface area (Å²) in [6.07, 6.45) is 2.73. The lowest BCUT2D eigenvalue weighted by atomic mass is 10.1. The zero-order valence-electron chi connectivity index (χ0n) is 26.7. The fourth-order valence-corrected chi connectivity index (χ4v) is 4.18. The minimum Gasteiger partial charge on any atom is -0.482 e. The summed E-state index contributed by atoms with van der Waals surface area (Å²) in [5, 5.41) is 5.85. The van der Waals surface area contributed by atoms with Gasteiger partial charge in [0.05, 0.1) is 6.04 Å². The molecule has 13 heteroatoms. The molecule has 3 rings (SSSR count). The summed E-state index contributed by atoms with van der Waals surface area (Å²) < 4.78 is 54.6. The number of carbonyl (C=O) groups excluding carboxylic acids is 3. The summed E-state index contributed by atoms with van der Waals surface area (Å²) in [6, 6.07) is 8.01. The van der Waals surface area contributed by atoms with Gasteiger partial charge in [-0.3, -0.25) is 14.4 Å². The van der Waals surface area contributed by atoms with E-state index in [9.17, 15) is 32.3 Å². The van der Waals surface area contributed by atoms with Crippen molar-refractivity contribution in [1.29, 1.82) is 0 Å². The third kappa shape index (κ3) is 9.12. The molecular formula is C34H37F3N4O6. The maximum atomic E-state index is 14.3. The van der Waals surface area contributed by atoms with Crippen molar-refractivity contribution < 1.29 is 37.0 Å². The van der Waals surface area contributed by atoms with E-state index in [1.807, 2.05) is 0 Å². The molecule has 1 aromatic heterocycles. The molecule has 1 unspecified atom stereocenters. The summed E-state index contributed by atoms with van der Waals surface area (Å²) >= 11 is 0. The lowest BCUT2D eigenvalue weighted by Gasteiger charge is -2.33. The van der Waals surface area contributed by atoms with E-state index in [2.05, 4.69) is 23.8 Å². The average molecular weight is 655 g/mol. The van der Waals surface area contributed by atoms with Crippen LogP contribution in [0.5, 0.6) is 5.75 Å². The maximum Gasteiger partial charge on any atom is 0.430 e. The summed E-state index contributed by atoms with van der Waals surface area (Å²) in [7, 11) is 0. The maximum absolute atomic E-state index is 14.3. The lowest BCUT2D eigenvalue weighted by Crippen LogP contribution is -2.51. The summed E-state index contributed by atoms with van der Waals surface area (Å²) in [5.41, 5.74) is -3.26. The molecule has 47 heavy (non-hydrogen) atoms. The predicted molar refractivity (Wildman–Crippen MR) is 170 cm³/mol. The van der Waals surface area contributed by atoms with Crippen molar-refractivity contribution in [3.63, 3.8) is 0 Å². The van der Waals surface area contributed by atoms with Gasteiger partial charge in [0.1, 0.15) is 35.2 Å². The first-order valence-corrected chi connectivity index (χ1v) is 14.5. The first-order valence-electron chi connectivity index (χ1n) is 14.5. The zero-order chi connectivity index (χ0) is 35.1. The monoisotopic (exact) mass is 654 g/mol. The van der Waals surface area contributed by atoms with Gasteiger partial charge in [0.15, 0.2) is 11.4 Å². The van der Waals surface area contributed by atoms with E-state index >= 15 is 0 Å². The number of hydrogen-bond acceptors (Lipinski definition) is 6. The summed E-state index contributed by atoms with van der Waals surface area (Å²) in [6.45, 7) is 14.4. The minimum absolute atomic E-state index is 0.228. The first-order chi connectivity index (χ1) is 22.1. The SMILES string of the molecule is C=CC(C)N(C(=O)OC(C)(C)C)n1cc(C(=O)NCc2c(F)cc(F)cc2F)c(=O)c(OCc2ccccc2)c1C(=O)N[C@@H](C)C=C. The van der Waals surface area contributed by atoms with E-state index in [-0.39, 0.29) is 6.61 Å². The standard InChI is InChI=1S/C34H37F3N4O6/c1-8-20(3)39-32(44)28-30(46-19-22-13-11-10-12-14-22)29(42)25(31(43)38-17-24-26(36)15-23(35)16-27(24)37)18-40(28)41(21(4)9-2)33(45)47-34(5,6)7/h8-16,18,20-21H,1-2,17,19H2,3-7H3,(H,38,43)(H,39,44)/t20-,21?/m0/s1. The Morgan fingerprint density at radius 1 is 1.00 bits per heavy atom. The molecule has 0 saturated carbocycles. The number of benzene rings is 2. The Morgan fingerprint density at radius 2 is 1.62 bits per heavy atom. The normalized spacial score (nSPS) is 12.3. The molecule has 0 fully saturated rings. The third-order valence-electron chi connectivity index (χ3n) is 6.62. The Balaban J connectivity index is 2.30. The molecule has 0 saturated heterocycles. The number of nitrogens with one attached hydrogen (secondary N) is 2. The Labute approximate surface area is 270 Å². The molecular weight excluding hydrogens is 617 g/mol. The van der Waals surface area contributed by atoms with Crippen LogP contribution in [0.2, 0.25) is 0 Å². The van der Waals surface area contributed by atoms with Crippen LogP contribution in [-0.2, 0) is 17.9 Å². The molecule has 2 atom stereocenters. The highest BCUT2D eigenvalue weighted by Gasteiger charge is 2.34. The molecule has 2 N–H and O–H groups in total. The number of hydrogen-bond donors (Lipinski definition) is 2. The number of rotatable bonds is 12. The van der Waals surface area contributed by atoms with Crippen molar-refractivity contribution in [3.8, 4) is 5.75 Å². The highest BCUT2D eigenvalue weighted by atomic mass is 19.1. The number of ether oxygens (including phenoxy) is 2. The fourth-order valence-electron chi connectivity index (χ4n) is 4.18. The van der Waals surface area contributed by atoms with Gasteiger partial charge in [0.2, 0.25) is 5.43 Å². The summed E-state index contributed by atoms with van der Waals surface area (Å²) in [5.74, 6) is -6.30. The van der Waals surface area contributed by atoms with E-state index in [0.29, 0.717) is 17.7 Å². The molecule has 250 valence electrons. The molecule has 0 aliphatic carbocycles. The van der Waals surface area contributed by atoms with Gasteiger partial charge in [-0.25, -0.2) is 27.7 Å². The van der Waals surface area contributed by atoms with Gasteiger partial charge in [0.25, 0.3) is 11.8 Å². The van der Waals surface area contributed by atoms with Crippen LogP contribution >= 0.6 is 0 Å². The molecule has 3 aromatic rings. The van der Waals surface area contributed by atoms with Crippen molar-refractivity contribution in [1.82, 2.24) is 15.3 Å². The Morgan fingerprint density at radius 3 is 2.17 bits per heavy atom. The van der Waals surface area contributed by atoms with Gasteiger partial charge in [-0.05, 0) is 40.2 Å². The molecule has 1 heterocycles. The molecule has 2 aromatic carbocycles. The minimum atomic E-state index is -1.26. The Kier molecular flexibility index (Phi) is 11.8. The number of amides is 3. The molecule has 0 spiro atoms. The van der Waals surface area contributed by atoms with Crippen LogP contribution in [0.15, 0.2) is 78.8 Å². The molecule has 0 aliphatic rings. The molecule has 0 radical (unpaired) electrons. The average Bonchev–Trinajstić information content (AvgIpc) is 2.99. The summed E-state index contributed by atoms with van der Waals surface area (Å²) in [4.78, 5) is 54.9. The van der Waals surface area contributed by atoms with Crippen LogP contribution in [0.4, 0.5) is 18.0 Å². The van der Waals surface area contributed by atoms with Gasteiger partial charge < -0.3 is 20.1 Å². The molecule has 0 bridgehead atoms. The fraction of sp³-hybridized carbons (Fsp3) is 0.294. The zero-order valence-corrected chi connectivity index (χ0v) is 26.7. The van der Waals surface area contributed by atoms with E-state index in [4.69, 9.17) is 9.47 Å². The van der Waals surface area contributed by atoms with Crippen LogP contribution in [0.3, 0.4) is 0 Å². The van der Waals surface area contributed by atoms with Gasteiger partial charge in [-0.2, -0.15) is 0 Å². The van der Waals surface area contributed by atoms with Gasteiger partial charge in [-0.15, -0.1) is 13.2 Å². The lowest BCUT2D eigenvalue weighted by molar-refractivity contribution is 0.0525.